The molecule has 0 aliphatic rings. The molecule has 72 valence electrons. The van der Waals surface area contributed by atoms with E-state index < -0.39 is 5.92 Å². The fourth-order valence-electron chi connectivity index (χ4n) is 1.09. The second kappa shape index (κ2) is 4.04. The fraction of sp³-hybridized carbons (Fsp3) is 0.500. The minimum Gasteiger partial charge on any atom is -0.468 e. The number of hydrogen-bond donors (Lipinski definition) is 1. The van der Waals surface area contributed by atoms with E-state index in [0.29, 0.717) is 5.69 Å². The normalized spacial score (nSPS) is 12.5. The van der Waals surface area contributed by atoms with Crippen LogP contribution in [-0.2, 0) is 9.53 Å². The molecule has 1 unspecified atom stereocenters. The Labute approximate surface area is 75.8 Å². The van der Waals surface area contributed by atoms with E-state index in [1.54, 1.807) is 6.92 Å². The molecule has 0 spiro atoms. The Morgan fingerprint density at radius 3 is 2.92 bits per heavy atom. The van der Waals surface area contributed by atoms with Gasteiger partial charge in [0.1, 0.15) is 17.9 Å². The minimum atomic E-state index is -0.524. The second-order valence-electron chi connectivity index (χ2n) is 2.69. The van der Waals surface area contributed by atoms with Gasteiger partial charge in [0.05, 0.1) is 7.11 Å². The number of carbonyl (C=O) groups excluding carboxylic acids is 1. The van der Waals surface area contributed by atoms with Crippen LogP contribution in [0.4, 0.5) is 0 Å². The number of carbonyl (C=O) groups is 1. The molecule has 0 saturated carbocycles. The lowest BCUT2D eigenvalue weighted by Crippen LogP contribution is -2.23. The zero-order chi connectivity index (χ0) is 9.84. The first-order valence-electron chi connectivity index (χ1n) is 3.89. The van der Waals surface area contributed by atoms with Crippen LogP contribution in [0.15, 0.2) is 10.8 Å². The van der Waals surface area contributed by atoms with Crippen LogP contribution >= 0.6 is 0 Å². The van der Waals surface area contributed by atoms with Gasteiger partial charge in [0, 0.05) is 12.1 Å². The highest BCUT2D eigenvalue weighted by Crippen LogP contribution is 2.17. The van der Waals surface area contributed by atoms with E-state index in [0.717, 1.165) is 5.56 Å². The molecule has 5 heteroatoms. The first kappa shape index (κ1) is 9.73. The van der Waals surface area contributed by atoms with E-state index in [-0.39, 0.29) is 12.5 Å². The van der Waals surface area contributed by atoms with Crippen molar-refractivity contribution in [2.45, 2.75) is 12.8 Å². The first-order valence-corrected chi connectivity index (χ1v) is 3.89. The predicted octanol–water partition coefficient (Wildman–Crippen LogP) is 0.198. The molecule has 2 N–H and O–H groups in total. The van der Waals surface area contributed by atoms with Gasteiger partial charge in [-0.15, -0.1) is 0 Å². The molecule has 0 aliphatic carbocycles. The summed E-state index contributed by atoms with van der Waals surface area (Å²) in [7, 11) is 1.32. The highest BCUT2D eigenvalue weighted by Gasteiger charge is 2.24. The van der Waals surface area contributed by atoms with Crippen LogP contribution in [-0.4, -0.2) is 24.8 Å². The van der Waals surface area contributed by atoms with Crippen molar-refractivity contribution in [3.63, 3.8) is 0 Å². The van der Waals surface area contributed by atoms with E-state index in [1.807, 2.05) is 0 Å². The van der Waals surface area contributed by atoms with Gasteiger partial charge >= 0.3 is 5.97 Å². The maximum Gasteiger partial charge on any atom is 0.316 e. The molecule has 0 saturated heterocycles. The molecule has 13 heavy (non-hydrogen) atoms. The molecule has 1 aromatic heterocycles. The maximum atomic E-state index is 11.2. The zero-order valence-corrected chi connectivity index (χ0v) is 7.61. The Bertz CT molecular complexity index is 295. The quantitative estimate of drug-likeness (QED) is 0.679. The molecule has 0 radical (unpaired) electrons. The van der Waals surface area contributed by atoms with Crippen molar-refractivity contribution in [3.8, 4) is 0 Å². The second-order valence-corrected chi connectivity index (χ2v) is 2.69. The number of rotatable bonds is 3. The summed E-state index contributed by atoms with van der Waals surface area (Å²) in [6.45, 7) is 1.97. The molecular formula is C8H12N2O3. The minimum absolute atomic E-state index is 0.167. The number of ether oxygens (including phenoxy) is 1. The lowest BCUT2D eigenvalue weighted by molar-refractivity contribution is -0.142. The summed E-state index contributed by atoms with van der Waals surface area (Å²) in [6.07, 6.45) is 1.47. The van der Waals surface area contributed by atoms with Gasteiger partial charge in [-0.1, -0.05) is 5.16 Å². The maximum absolute atomic E-state index is 11.2. The summed E-state index contributed by atoms with van der Waals surface area (Å²) < 4.78 is 9.29. The van der Waals surface area contributed by atoms with Crippen molar-refractivity contribution in [2.24, 2.45) is 5.73 Å². The van der Waals surface area contributed by atoms with Crippen molar-refractivity contribution in [3.05, 3.63) is 17.5 Å². The van der Waals surface area contributed by atoms with Crippen molar-refractivity contribution in [2.75, 3.05) is 13.7 Å². The third-order valence-electron chi connectivity index (χ3n) is 1.84. The Morgan fingerprint density at radius 2 is 2.54 bits per heavy atom. The van der Waals surface area contributed by atoms with Crippen molar-refractivity contribution < 1.29 is 14.1 Å². The smallest absolute Gasteiger partial charge is 0.316 e. The first-order chi connectivity index (χ1) is 6.20. The van der Waals surface area contributed by atoms with Gasteiger partial charge in [-0.05, 0) is 6.92 Å². The topological polar surface area (TPSA) is 78.4 Å². The number of aromatic nitrogens is 1. The van der Waals surface area contributed by atoms with Crippen molar-refractivity contribution in [1.29, 1.82) is 0 Å². The molecule has 0 fully saturated rings. The molecule has 1 aromatic rings. The van der Waals surface area contributed by atoms with Gasteiger partial charge < -0.3 is 15.0 Å². The average molecular weight is 184 g/mol. The van der Waals surface area contributed by atoms with Gasteiger partial charge in [0.15, 0.2) is 0 Å². The molecule has 1 atom stereocenters. The van der Waals surface area contributed by atoms with E-state index in [1.165, 1.54) is 13.4 Å². The molecule has 0 aliphatic heterocycles. The molecular weight excluding hydrogens is 172 g/mol. The Balaban J connectivity index is 2.90. The highest BCUT2D eigenvalue weighted by atomic mass is 16.5. The highest BCUT2D eigenvalue weighted by molar-refractivity contribution is 5.78. The third-order valence-corrected chi connectivity index (χ3v) is 1.84. The van der Waals surface area contributed by atoms with Gasteiger partial charge in [-0.3, -0.25) is 4.79 Å². The predicted molar refractivity (Wildman–Crippen MR) is 45.1 cm³/mol. The average Bonchev–Trinajstić information content (AvgIpc) is 2.53. The van der Waals surface area contributed by atoms with Crippen molar-refractivity contribution in [1.82, 2.24) is 5.16 Å². The summed E-state index contributed by atoms with van der Waals surface area (Å²) >= 11 is 0. The Hall–Kier alpha value is -1.36. The lowest BCUT2D eigenvalue weighted by atomic mass is 10.0. The largest absolute Gasteiger partial charge is 0.468 e. The molecule has 1 rings (SSSR count). The number of nitrogens with zero attached hydrogens (tertiary/aromatic N) is 1. The molecule has 0 amide bonds. The molecule has 0 aromatic carbocycles. The Kier molecular flexibility index (Phi) is 3.02. The van der Waals surface area contributed by atoms with Gasteiger partial charge in [0.2, 0.25) is 0 Å². The summed E-state index contributed by atoms with van der Waals surface area (Å²) in [5, 5.41) is 3.70. The van der Waals surface area contributed by atoms with E-state index in [9.17, 15) is 4.79 Å². The van der Waals surface area contributed by atoms with Crippen LogP contribution in [0.5, 0.6) is 0 Å². The number of nitrogens with two attached hydrogens (primary N) is 1. The number of methoxy groups -OCH3 is 1. The Morgan fingerprint density at radius 1 is 1.85 bits per heavy atom. The van der Waals surface area contributed by atoms with Crippen LogP contribution in [0.3, 0.4) is 0 Å². The monoisotopic (exact) mass is 184 g/mol. The van der Waals surface area contributed by atoms with E-state index >= 15 is 0 Å². The fourth-order valence-corrected chi connectivity index (χ4v) is 1.09. The van der Waals surface area contributed by atoms with Crippen LogP contribution in [0.1, 0.15) is 17.2 Å². The number of hydrogen-bond acceptors (Lipinski definition) is 5. The van der Waals surface area contributed by atoms with Crippen LogP contribution in [0.2, 0.25) is 0 Å². The van der Waals surface area contributed by atoms with Crippen LogP contribution < -0.4 is 5.73 Å². The summed E-state index contributed by atoms with van der Waals surface area (Å²) in [6, 6.07) is 0. The van der Waals surface area contributed by atoms with Crippen LogP contribution in [0, 0.1) is 6.92 Å². The summed E-state index contributed by atoms with van der Waals surface area (Å²) in [5.41, 5.74) is 6.78. The molecule has 5 nitrogen and oxygen atoms in total. The van der Waals surface area contributed by atoms with E-state index in [2.05, 4.69) is 9.89 Å². The summed E-state index contributed by atoms with van der Waals surface area (Å²) in [5.74, 6) is -0.914. The van der Waals surface area contributed by atoms with Crippen molar-refractivity contribution >= 4 is 5.97 Å². The zero-order valence-electron chi connectivity index (χ0n) is 7.61. The number of aryl methyl sites for hydroxylation is 1. The van der Waals surface area contributed by atoms with Crippen LogP contribution in [0.25, 0.3) is 0 Å². The van der Waals surface area contributed by atoms with Gasteiger partial charge in [0.25, 0.3) is 0 Å². The SMILES string of the molecule is COC(=O)C(CN)c1nocc1C. The number of esters is 1. The van der Waals surface area contributed by atoms with Gasteiger partial charge in [-0.25, -0.2) is 0 Å². The third kappa shape index (κ3) is 1.86. The summed E-state index contributed by atoms with van der Waals surface area (Å²) in [4.78, 5) is 11.2. The lowest BCUT2D eigenvalue weighted by Gasteiger charge is -2.08. The molecule has 1 heterocycles. The molecule has 0 bridgehead atoms. The van der Waals surface area contributed by atoms with E-state index in [4.69, 9.17) is 10.3 Å². The van der Waals surface area contributed by atoms with Gasteiger partial charge in [-0.2, -0.15) is 0 Å². The standard InChI is InChI=1S/C8H12N2O3/c1-5-4-13-10-7(5)6(3-9)8(11)12-2/h4,6H,3,9H2,1-2H3.